The van der Waals surface area contributed by atoms with E-state index in [1.807, 2.05) is 0 Å². The van der Waals surface area contributed by atoms with Gasteiger partial charge in [0.25, 0.3) is 5.69 Å². The zero-order valence-electron chi connectivity index (χ0n) is 9.51. The van der Waals surface area contributed by atoms with Crippen LogP contribution in [0.4, 0.5) is 11.4 Å². The molecule has 5 heteroatoms. The first kappa shape index (κ1) is 11.3. The standard InChI is InChI=1S/C12H13N3O2/c1-9-2-3-11(8-9)14-13-10-4-6-12(7-5-10)15(16)17/h4-8,13H,2-3H2,1H3. The third kappa shape index (κ3) is 2.90. The monoisotopic (exact) mass is 231 g/mol. The summed E-state index contributed by atoms with van der Waals surface area (Å²) in [4.78, 5) is 10.0. The summed E-state index contributed by atoms with van der Waals surface area (Å²) < 4.78 is 0. The Morgan fingerprint density at radius 3 is 2.53 bits per heavy atom. The van der Waals surface area contributed by atoms with Crippen LogP contribution in [0.15, 0.2) is 41.0 Å². The number of hydrazone groups is 1. The van der Waals surface area contributed by atoms with Gasteiger partial charge in [0.15, 0.2) is 0 Å². The van der Waals surface area contributed by atoms with E-state index in [0.717, 1.165) is 24.2 Å². The van der Waals surface area contributed by atoms with E-state index in [9.17, 15) is 10.1 Å². The predicted octanol–water partition coefficient (Wildman–Crippen LogP) is 3.10. The van der Waals surface area contributed by atoms with Crippen molar-refractivity contribution in [1.29, 1.82) is 0 Å². The number of rotatable bonds is 3. The van der Waals surface area contributed by atoms with Gasteiger partial charge in [0.2, 0.25) is 0 Å². The number of nitro groups is 1. The predicted molar refractivity (Wildman–Crippen MR) is 67.1 cm³/mol. The highest BCUT2D eigenvalue weighted by Crippen LogP contribution is 2.17. The lowest BCUT2D eigenvalue weighted by atomic mass is 10.3. The number of hydrogen-bond acceptors (Lipinski definition) is 4. The summed E-state index contributed by atoms with van der Waals surface area (Å²) in [6.45, 7) is 2.08. The number of nitrogens with one attached hydrogen (secondary N) is 1. The number of anilines is 1. The molecule has 0 bridgehead atoms. The number of benzene rings is 1. The maximum absolute atomic E-state index is 10.5. The minimum Gasteiger partial charge on any atom is -0.278 e. The number of hydrogen-bond donors (Lipinski definition) is 1. The Labute approximate surface area is 99.0 Å². The number of nitro benzene ring substituents is 1. The first-order valence-electron chi connectivity index (χ1n) is 5.39. The average molecular weight is 231 g/mol. The second kappa shape index (κ2) is 4.78. The summed E-state index contributed by atoms with van der Waals surface area (Å²) in [5.41, 5.74) is 6.07. The number of allylic oxidation sites excluding steroid dienone is 2. The van der Waals surface area contributed by atoms with Crippen LogP contribution in [0, 0.1) is 10.1 Å². The van der Waals surface area contributed by atoms with Crippen LogP contribution in [0.3, 0.4) is 0 Å². The maximum atomic E-state index is 10.5. The first-order valence-corrected chi connectivity index (χ1v) is 5.39. The van der Waals surface area contributed by atoms with Gasteiger partial charge in [0, 0.05) is 12.1 Å². The van der Waals surface area contributed by atoms with Gasteiger partial charge in [-0.2, -0.15) is 5.10 Å². The molecule has 1 aromatic rings. The van der Waals surface area contributed by atoms with E-state index < -0.39 is 4.92 Å². The normalized spacial score (nSPS) is 17.0. The van der Waals surface area contributed by atoms with Gasteiger partial charge in [-0.1, -0.05) is 5.57 Å². The second-order valence-electron chi connectivity index (χ2n) is 4.01. The fourth-order valence-electron chi connectivity index (χ4n) is 1.64. The molecule has 0 amide bonds. The molecule has 1 N–H and O–H groups in total. The molecule has 5 nitrogen and oxygen atoms in total. The van der Waals surface area contributed by atoms with Gasteiger partial charge in [-0.25, -0.2) is 0 Å². The Morgan fingerprint density at radius 1 is 1.29 bits per heavy atom. The molecule has 0 radical (unpaired) electrons. The highest BCUT2D eigenvalue weighted by Gasteiger charge is 2.07. The molecule has 1 aromatic carbocycles. The molecule has 0 aromatic heterocycles. The average Bonchev–Trinajstić information content (AvgIpc) is 2.73. The van der Waals surface area contributed by atoms with E-state index in [1.165, 1.54) is 17.7 Å². The van der Waals surface area contributed by atoms with Crippen molar-refractivity contribution in [3.8, 4) is 0 Å². The van der Waals surface area contributed by atoms with Crippen molar-refractivity contribution in [3.63, 3.8) is 0 Å². The van der Waals surface area contributed by atoms with Crippen LogP contribution in [0.5, 0.6) is 0 Å². The van der Waals surface area contributed by atoms with E-state index in [0.29, 0.717) is 0 Å². The molecule has 1 aliphatic rings. The van der Waals surface area contributed by atoms with Crippen LogP contribution in [0.25, 0.3) is 0 Å². The second-order valence-corrected chi connectivity index (χ2v) is 4.01. The zero-order chi connectivity index (χ0) is 12.3. The SMILES string of the molecule is CC1=CC(=NNc2ccc([N+](=O)[O-])cc2)CC1. The van der Waals surface area contributed by atoms with Gasteiger partial charge in [0.05, 0.1) is 16.3 Å². The van der Waals surface area contributed by atoms with Crippen LogP contribution in [-0.2, 0) is 0 Å². The lowest BCUT2D eigenvalue weighted by Crippen LogP contribution is -1.95. The van der Waals surface area contributed by atoms with Crippen molar-refractivity contribution in [2.45, 2.75) is 19.8 Å². The van der Waals surface area contributed by atoms with E-state index in [4.69, 9.17) is 0 Å². The van der Waals surface area contributed by atoms with Gasteiger partial charge in [-0.05, 0) is 38.0 Å². The van der Waals surface area contributed by atoms with Crippen molar-refractivity contribution in [3.05, 3.63) is 46.0 Å². The minimum atomic E-state index is -0.418. The van der Waals surface area contributed by atoms with E-state index in [2.05, 4.69) is 23.5 Å². The van der Waals surface area contributed by atoms with Crippen LogP contribution in [0.1, 0.15) is 19.8 Å². The summed E-state index contributed by atoms with van der Waals surface area (Å²) >= 11 is 0. The Kier molecular flexibility index (Phi) is 3.18. The van der Waals surface area contributed by atoms with Crippen LogP contribution < -0.4 is 5.43 Å². The van der Waals surface area contributed by atoms with Crippen molar-refractivity contribution in [2.75, 3.05) is 5.43 Å². The number of non-ortho nitro benzene ring substituents is 1. The fourth-order valence-corrected chi connectivity index (χ4v) is 1.64. The van der Waals surface area contributed by atoms with Crippen LogP contribution in [-0.4, -0.2) is 10.6 Å². The smallest absolute Gasteiger partial charge is 0.269 e. The van der Waals surface area contributed by atoms with Crippen molar-refractivity contribution < 1.29 is 4.92 Å². The molecule has 0 spiro atoms. The van der Waals surface area contributed by atoms with Crippen LogP contribution in [0.2, 0.25) is 0 Å². The Balaban J connectivity index is 2.02. The van der Waals surface area contributed by atoms with Gasteiger partial charge < -0.3 is 0 Å². The Hall–Kier alpha value is -2.17. The maximum Gasteiger partial charge on any atom is 0.269 e. The van der Waals surface area contributed by atoms with Gasteiger partial charge in [-0.3, -0.25) is 15.5 Å². The van der Waals surface area contributed by atoms with Gasteiger partial charge >= 0.3 is 0 Å². The highest BCUT2D eigenvalue weighted by atomic mass is 16.6. The lowest BCUT2D eigenvalue weighted by Gasteiger charge is -2.00. The summed E-state index contributed by atoms with van der Waals surface area (Å²) in [7, 11) is 0. The number of nitrogens with zero attached hydrogens (tertiary/aromatic N) is 2. The molecule has 0 heterocycles. The molecule has 0 atom stereocenters. The quantitative estimate of drug-likeness (QED) is 0.642. The van der Waals surface area contributed by atoms with Gasteiger partial charge in [0.1, 0.15) is 0 Å². The first-order chi connectivity index (χ1) is 8.15. The van der Waals surface area contributed by atoms with Crippen LogP contribution >= 0.6 is 0 Å². The largest absolute Gasteiger partial charge is 0.278 e. The summed E-state index contributed by atoms with van der Waals surface area (Å²) in [5, 5.41) is 14.7. The van der Waals surface area contributed by atoms with Gasteiger partial charge in [-0.15, -0.1) is 0 Å². The van der Waals surface area contributed by atoms with Crippen molar-refractivity contribution >= 4 is 17.1 Å². The topological polar surface area (TPSA) is 67.5 Å². The molecular formula is C12H13N3O2. The highest BCUT2D eigenvalue weighted by molar-refractivity contribution is 5.98. The lowest BCUT2D eigenvalue weighted by molar-refractivity contribution is -0.384. The van der Waals surface area contributed by atoms with E-state index >= 15 is 0 Å². The molecule has 0 saturated heterocycles. The molecule has 0 aliphatic heterocycles. The molecule has 0 unspecified atom stereocenters. The molecule has 1 aliphatic carbocycles. The summed E-state index contributed by atoms with van der Waals surface area (Å²) in [6, 6.07) is 6.21. The van der Waals surface area contributed by atoms with Crippen molar-refractivity contribution in [2.24, 2.45) is 5.10 Å². The fraction of sp³-hybridized carbons (Fsp3) is 0.250. The molecule has 88 valence electrons. The third-order valence-corrected chi connectivity index (χ3v) is 2.60. The van der Waals surface area contributed by atoms with E-state index in [1.54, 1.807) is 12.1 Å². The van der Waals surface area contributed by atoms with E-state index in [-0.39, 0.29) is 5.69 Å². The molecule has 2 rings (SSSR count). The molecule has 0 saturated carbocycles. The zero-order valence-corrected chi connectivity index (χ0v) is 9.51. The summed E-state index contributed by atoms with van der Waals surface area (Å²) in [5.74, 6) is 0. The third-order valence-electron chi connectivity index (χ3n) is 2.60. The molecule has 17 heavy (non-hydrogen) atoms. The molecular weight excluding hydrogens is 218 g/mol. The minimum absolute atomic E-state index is 0.0832. The Morgan fingerprint density at radius 2 is 2.00 bits per heavy atom. The van der Waals surface area contributed by atoms with Crippen molar-refractivity contribution in [1.82, 2.24) is 0 Å². The molecule has 0 fully saturated rings. The Bertz CT molecular complexity index is 489. The summed E-state index contributed by atoms with van der Waals surface area (Å²) in [6.07, 6.45) is 4.06.